The topological polar surface area (TPSA) is 20.2 Å². The Labute approximate surface area is 121 Å². The Hall–Kier alpha value is -1.09. The molecule has 0 fully saturated rings. The number of rotatable bonds is 3. The summed E-state index contributed by atoms with van der Waals surface area (Å²) in [5.74, 6) is -0.421. The van der Waals surface area contributed by atoms with Crippen LogP contribution in [0.15, 0.2) is 42.5 Å². The van der Waals surface area contributed by atoms with E-state index in [9.17, 15) is 9.50 Å². The number of hydrogen-bond donors (Lipinski definition) is 1. The maximum Gasteiger partial charge on any atom is 0.123 e. The van der Waals surface area contributed by atoms with E-state index in [2.05, 4.69) is 0 Å². The van der Waals surface area contributed by atoms with Crippen molar-refractivity contribution in [2.45, 2.75) is 18.9 Å². The van der Waals surface area contributed by atoms with E-state index >= 15 is 0 Å². The summed E-state index contributed by atoms with van der Waals surface area (Å²) in [7, 11) is 0. The summed E-state index contributed by atoms with van der Waals surface area (Å²) in [4.78, 5) is 0. The lowest BCUT2D eigenvalue weighted by atomic mass is 9.89. The van der Waals surface area contributed by atoms with Crippen molar-refractivity contribution in [2.75, 3.05) is 0 Å². The van der Waals surface area contributed by atoms with Crippen molar-refractivity contribution < 1.29 is 9.50 Å². The molecule has 0 saturated heterocycles. The Morgan fingerprint density at radius 1 is 1.11 bits per heavy atom. The van der Waals surface area contributed by atoms with E-state index in [-0.39, 0.29) is 0 Å². The maximum atomic E-state index is 13.3. The van der Waals surface area contributed by atoms with Crippen LogP contribution in [0.25, 0.3) is 0 Å². The van der Waals surface area contributed by atoms with Gasteiger partial charge in [-0.25, -0.2) is 4.39 Å². The first-order valence-electron chi connectivity index (χ1n) is 5.81. The second kappa shape index (κ2) is 5.49. The molecule has 0 aliphatic heterocycles. The van der Waals surface area contributed by atoms with Gasteiger partial charge in [0.25, 0.3) is 0 Å². The molecule has 0 spiro atoms. The molecule has 1 unspecified atom stereocenters. The first kappa shape index (κ1) is 14.3. The fourth-order valence-electron chi connectivity index (χ4n) is 2.01. The summed E-state index contributed by atoms with van der Waals surface area (Å²) in [5, 5.41) is 11.5. The molecule has 0 heterocycles. The molecule has 2 rings (SSSR count). The molecule has 1 nitrogen and oxygen atoms in total. The summed E-state index contributed by atoms with van der Waals surface area (Å²) in [5.41, 5.74) is 0.0337. The maximum absolute atomic E-state index is 13.3. The Morgan fingerprint density at radius 2 is 1.74 bits per heavy atom. The van der Waals surface area contributed by atoms with Crippen LogP contribution in [0.1, 0.15) is 18.1 Å². The molecule has 0 bridgehead atoms. The molecule has 2 aromatic rings. The van der Waals surface area contributed by atoms with Crippen LogP contribution in [0.3, 0.4) is 0 Å². The highest BCUT2D eigenvalue weighted by Gasteiger charge is 2.26. The zero-order valence-corrected chi connectivity index (χ0v) is 11.8. The Balaban J connectivity index is 2.31. The van der Waals surface area contributed by atoms with E-state index in [4.69, 9.17) is 23.2 Å². The Kier molecular flexibility index (Phi) is 4.14. The van der Waals surface area contributed by atoms with Crippen molar-refractivity contribution in [2.24, 2.45) is 0 Å². The van der Waals surface area contributed by atoms with Gasteiger partial charge in [-0.1, -0.05) is 35.3 Å². The summed E-state index contributed by atoms with van der Waals surface area (Å²) in [6, 6.07) is 11.1. The second-order valence-electron chi connectivity index (χ2n) is 4.70. The average Bonchev–Trinajstić information content (AvgIpc) is 2.35. The van der Waals surface area contributed by atoms with Crippen molar-refractivity contribution >= 4 is 23.2 Å². The van der Waals surface area contributed by atoms with Gasteiger partial charge in [-0.2, -0.15) is 0 Å². The van der Waals surface area contributed by atoms with Gasteiger partial charge in [0.1, 0.15) is 5.82 Å². The summed E-state index contributed by atoms with van der Waals surface area (Å²) >= 11 is 11.8. The highest BCUT2D eigenvalue weighted by Crippen LogP contribution is 2.31. The number of benzene rings is 2. The van der Waals surface area contributed by atoms with Gasteiger partial charge < -0.3 is 5.11 Å². The molecule has 0 radical (unpaired) electrons. The largest absolute Gasteiger partial charge is 0.385 e. The van der Waals surface area contributed by atoms with E-state index < -0.39 is 11.4 Å². The minimum absolute atomic E-state index is 0.327. The van der Waals surface area contributed by atoms with E-state index in [1.807, 2.05) is 12.1 Å². The van der Waals surface area contributed by atoms with Gasteiger partial charge in [-0.3, -0.25) is 0 Å². The molecule has 19 heavy (non-hydrogen) atoms. The smallest absolute Gasteiger partial charge is 0.123 e. The van der Waals surface area contributed by atoms with Crippen LogP contribution in [0.5, 0.6) is 0 Å². The fourth-order valence-corrected chi connectivity index (χ4v) is 2.45. The lowest BCUT2D eigenvalue weighted by molar-refractivity contribution is 0.0574. The quantitative estimate of drug-likeness (QED) is 0.879. The fraction of sp³-hybridized carbons (Fsp3) is 0.200. The minimum Gasteiger partial charge on any atom is -0.385 e. The molecule has 1 N–H and O–H groups in total. The molecule has 0 amide bonds. The Bertz CT molecular complexity index is 579. The molecule has 4 heteroatoms. The monoisotopic (exact) mass is 298 g/mol. The zero-order chi connectivity index (χ0) is 14.0. The van der Waals surface area contributed by atoms with E-state index in [0.29, 0.717) is 22.0 Å². The second-order valence-corrected chi connectivity index (χ2v) is 5.54. The van der Waals surface area contributed by atoms with E-state index in [0.717, 1.165) is 5.56 Å². The van der Waals surface area contributed by atoms with Gasteiger partial charge >= 0.3 is 0 Å². The molecular weight excluding hydrogens is 286 g/mol. The van der Waals surface area contributed by atoms with Crippen molar-refractivity contribution in [3.05, 3.63) is 69.5 Å². The third kappa shape index (κ3) is 3.47. The highest BCUT2D eigenvalue weighted by molar-refractivity contribution is 6.31. The minimum atomic E-state index is -1.24. The normalized spacial score (nSPS) is 14.2. The molecule has 2 aromatic carbocycles. The van der Waals surface area contributed by atoms with Crippen LogP contribution >= 0.6 is 23.2 Å². The lowest BCUT2D eigenvalue weighted by Gasteiger charge is -2.25. The van der Waals surface area contributed by atoms with Crippen LogP contribution in [0, 0.1) is 5.82 Å². The molecule has 0 saturated carbocycles. The predicted octanol–water partition coefficient (Wildman–Crippen LogP) is 4.58. The van der Waals surface area contributed by atoms with Crippen LogP contribution in [0.4, 0.5) is 4.39 Å². The number of halogens is 3. The summed E-state index contributed by atoms with van der Waals surface area (Å²) in [6.45, 7) is 1.61. The van der Waals surface area contributed by atoms with Crippen molar-refractivity contribution in [1.82, 2.24) is 0 Å². The highest BCUT2D eigenvalue weighted by atomic mass is 35.5. The van der Waals surface area contributed by atoms with Crippen LogP contribution < -0.4 is 0 Å². The Morgan fingerprint density at radius 3 is 2.37 bits per heavy atom. The molecule has 0 aromatic heterocycles. The first-order chi connectivity index (χ1) is 8.88. The van der Waals surface area contributed by atoms with E-state index in [1.165, 1.54) is 18.2 Å². The molecular formula is C15H13Cl2FO. The summed E-state index contributed by atoms with van der Waals surface area (Å²) in [6.07, 6.45) is 0.327. The molecule has 100 valence electrons. The lowest BCUT2D eigenvalue weighted by Crippen LogP contribution is -2.25. The first-order valence-corrected chi connectivity index (χ1v) is 6.56. The SMILES string of the molecule is CC(O)(Cc1ccc(Cl)cc1)c1cc(F)ccc1Cl. The average molecular weight is 299 g/mol. The van der Waals surface area contributed by atoms with Crippen molar-refractivity contribution in [3.8, 4) is 0 Å². The number of aliphatic hydroxyl groups is 1. The van der Waals surface area contributed by atoms with Crippen LogP contribution in [-0.2, 0) is 12.0 Å². The third-order valence-corrected chi connectivity index (χ3v) is 3.55. The predicted molar refractivity (Wildman–Crippen MR) is 76.1 cm³/mol. The van der Waals surface area contributed by atoms with Crippen LogP contribution in [0.2, 0.25) is 10.0 Å². The summed E-state index contributed by atoms with van der Waals surface area (Å²) < 4.78 is 13.3. The van der Waals surface area contributed by atoms with Gasteiger partial charge in [0.05, 0.1) is 5.60 Å². The third-order valence-electron chi connectivity index (χ3n) is 2.97. The van der Waals surface area contributed by atoms with Gasteiger partial charge in [0, 0.05) is 22.0 Å². The molecule has 0 aliphatic carbocycles. The molecule has 0 aliphatic rings. The van der Waals surface area contributed by atoms with Crippen molar-refractivity contribution in [1.29, 1.82) is 0 Å². The standard InChI is InChI=1S/C15H13Cl2FO/c1-15(19,9-10-2-4-11(16)5-3-10)13-8-12(18)6-7-14(13)17/h2-8,19H,9H2,1H3. The van der Waals surface area contributed by atoms with Gasteiger partial charge in [0.2, 0.25) is 0 Å². The van der Waals surface area contributed by atoms with Gasteiger partial charge in [0.15, 0.2) is 0 Å². The van der Waals surface area contributed by atoms with Crippen LogP contribution in [-0.4, -0.2) is 5.11 Å². The van der Waals surface area contributed by atoms with Gasteiger partial charge in [-0.05, 0) is 42.8 Å². The van der Waals surface area contributed by atoms with E-state index in [1.54, 1.807) is 19.1 Å². The molecule has 1 atom stereocenters. The number of hydrogen-bond acceptors (Lipinski definition) is 1. The van der Waals surface area contributed by atoms with Crippen molar-refractivity contribution in [3.63, 3.8) is 0 Å². The zero-order valence-electron chi connectivity index (χ0n) is 10.3. The van der Waals surface area contributed by atoms with Gasteiger partial charge in [-0.15, -0.1) is 0 Å².